The third-order valence-corrected chi connectivity index (χ3v) is 5.56. The quantitative estimate of drug-likeness (QED) is 0.837. The van der Waals surface area contributed by atoms with E-state index in [1.165, 1.54) is 0 Å². The Hall–Kier alpha value is -2.89. The lowest BCUT2D eigenvalue weighted by atomic mass is 10.2. The summed E-state index contributed by atoms with van der Waals surface area (Å²) in [5.74, 6) is 0.879. The molecule has 6 heteroatoms. The van der Waals surface area contributed by atoms with Gasteiger partial charge in [-0.2, -0.15) is 0 Å². The number of anilines is 2. The second-order valence-corrected chi connectivity index (χ2v) is 7.49. The van der Waals surface area contributed by atoms with E-state index in [4.69, 9.17) is 4.74 Å². The predicted octanol–water partition coefficient (Wildman–Crippen LogP) is 3.17. The van der Waals surface area contributed by atoms with Gasteiger partial charge in [-0.05, 0) is 37.1 Å². The average molecular weight is 380 g/mol. The van der Waals surface area contributed by atoms with Crippen molar-refractivity contribution < 1.29 is 9.53 Å². The number of hydrogen-bond donors (Lipinski definition) is 2. The minimum Gasteiger partial charge on any atom is -0.495 e. The van der Waals surface area contributed by atoms with Crippen molar-refractivity contribution in [3.8, 4) is 5.75 Å². The molecule has 2 aromatic carbocycles. The number of benzene rings is 2. The highest BCUT2D eigenvalue weighted by Crippen LogP contribution is 2.30. The van der Waals surface area contributed by atoms with Crippen LogP contribution in [0.2, 0.25) is 0 Å². The number of amides is 2. The highest BCUT2D eigenvalue weighted by Gasteiger charge is 2.30. The molecule has 2 fully saturated rings. The van der Waals surface area contributed by atoms with Gasteiger partial charge in [0.15, 0.2) is 0 Å². The van der Waals surface area contributed by atoms with Gasteiger partial charge in [0.25, 0.3) is 0 Å². The third-order valence-electron chi connectivity index (χ3n) is 5.56. The topological polar surface area (TPSA) is 56.8 Å². The zero-order valence-electron chi connectivity index (χ0n) is 16.3. The number of likely N-dealkylation sites (tertiary alicyclic amines) is 1. The zero-order valence-corrected chi connectivity index (χ0v) is 16.3. The SMILES string of the molecule is COc1ccccc1N1CCC(NC(=O)N2CCC(Nc3ccccc3)C2)C1. The van der Waals surface area contributed by atoms with Crippen LogP contribution in [0.5, 0.6) is 5.75 Å². The molecule has 2 atom stereocenters. The van der Waals surface area contributed by atoms with Crippen molar-refractivity contribution in [2.75, 3.05) is 43.5 Å². The highest BCUT2D eigenvalue weighted by molar-refractivity contribution is 5.75. The molecule has 2 aliphatic rings. The summed E-state index contributed by atoms with van der Waals surface area (Å²) in [7, 11) is 1.70. The van der Waals surface area contributed by atoms with Gasteiger partial charge in [0, 0.05) is 44.0 Å². The Bertz CT molecular complexity index is 798. The van der Waals surface area contributed by atoms with Crippen LogP contribution in [0.1, 0.15) is 12.8 Å². The molecule has 2 aromatic rings. The number of nitrogens with zero attached hydrogens (tertiary/aromatic N) is 2. The van der Waals surface area contributed by atoms with Crippen molar-refractivity contribution in [3.63, 3.8) is 0 Å². The molecule has 2 aliphatic heterocycles. The number of hydrogen-bond acceptors (Lipinski definition) is 4. The van der Waals surface area contributed by atoms with Crippen molar-refractivity contribution >= 4 is 17.4 Å². The number of para-hydroxylation sites is 3. The summed E-state index contributed by atoms with van der Waals surface area (Å²) in [5, 5.41) is 6.74. The lowest BCUT2D eigenvalue weighted by molar-refractivity contribution is 0.205. The fourth-order valence-corrected chi connectivity index (χ4v) is 4.09. The first-order valence-electron chi connectivity index (χ1n) is 9.98. The fraction of sp³-hybridized carbons (Fsp3) is 0.409. The molecular weight excluding hydrogens is 352 g/mol. The van der Waals surface area contributed by atoms with Crippen molar-refractivity contribution in [1.82, 2.24) is 10.2 Å². The van der Waals surface area contributed by atoms with Crippen molar-refractivity contribution in [2.24, 2.45) is 0 Å². The minimum atomic E-state index is 0.0456. The van der Waals surface area contributed by atoms with Gasteiger partial charge in [-0.1, -0.05) is 30.3 Å². The van der Waals surface area contributed by atoms with Crippen molar-refractivity contribution in [1.29, 1.82) is 0 Å². The van der Waals surface area contributed by atoms with E-state index in [-0.39, 0.29) is 12.1 Å². The van der Waals surface area contributed by atoms with E-state index in [2.05, 4.69) is 33.7 Å². The number of ether oxygens (including phenoxy) is 1. The first-order valence-corrected chi connectivity index (χ1v) is 9.98. The van der Waals surface area contributed by atoms with Gasteiger partial charge in [-0.25, -0.2) is 4.79 Å². The van der Waals surface area contributed by atoms with E-state index in [0.29, 0.717) is 6.04 Å². The van der Waals surface area contributed by atoms with E-state index in [1.807, 2.05) is 41.3 Å². The van der Waals surface area contributed by atoms with Gasteiger partial charge in [-0.3, -0.25) is 0 Å². The molecule has 4 rings (SSSR count). The van der Waals surface area contributed by atoms with Gasteiger partial charge < -0.3 is 25.2 Å². The van der Waals surface area contributed by atoms with Crippen LogP contribution in [0, 0.1) is 0 Å². The molecule has 28 heavy (non-hydrogen) atoms. The summed E-state index contributed by atoms with van der Waals surface area (Å²) in [5.41, 5.74) is 2.20. The summed E-state index contributed by atoms with van der Waals surface area (Å²) in [6.07, 6.45) is 1.92. The van der Waals surface area contributed by atoms with Crippen LogP contribution in [0.3, 0.4) is 0 Å². The van der Waals surface area contributed by atoms with Gasteiger partial charge in [0.2, 0.25) is 0 Å². The minimum absolute atomic E-state index is 0.0456. The molecule has 2 unspecified atom stereocenters. The number of methoxy groups -OCH3 is 1. The zero-order chi connectivity index (χ0) is 19.3. The van der Waals surface area contributed by atoms with Crippen molar-refractivity contribution in [2.45, 2.75) is 24.9 Å². The standard InChI is InChI=1S/C22H28N4O2/c1-28-21-10-6-5-9-20(21)25-13-11-19(15-25)24-22(27)26-14-12-18(16-26)23-17-7-3-2-4-8-17/h2-10,18-19,23H,11-16H2,1H3,(H,24,27). The van der Waals surface area contributed by atoms with Gasteiger partial charge >= 0.3 is 6.03 Å². The summed E-state index contributed by atoms with van der Waals surface area (Å²) >= 11 is 0. The van der Waals surface area contributed by atoms with Crippen LogP contribution >= 0.6 is 0 Å². The molecule has 2 heterocycles. The molecule has 0 radical (unpaired) electrons. The van der Waals surface area contributed by atoms with Crippen LogP contribution < -0.4 is 20.3 Å². The summed E-state index contributed by atoms with van der Waals surface area (Å²) in [6.45, 7) is 3.26. The molecule has 0 aliphatic carbocycles. The number of rotatable bonds is 5. The number of carbonyl (C=O) groups excluding carboxylic acids is 1. The summed E-state index contributed by atoms with van der Waals surface area (Å²) in [6, 6.07) is 18.7. The molecule has 148 valence electrons. The Morgan fingerprint density at radius 1 is 0.964 bits per heavy atom. The maximum Gasteiger partial charge on any atom is 0.317 e. The van der Waals surface area contributed by atoms with E-state index in [0.717, 1.165) is 56.1 Å². The van der Waals surface area contributed by atoms with Crippen molar-refractivity contribution in [3.05, 3.63) is 54.6 Å². The van der Waals surface area contributed by atoms with Crippen LogP contribution in [0.4, 0.5) is 16.2 Å². The van der Waals surface area contributed by atoms with E-state index in [9.17, 15) is 4.79 Å². The monoisotopic (exact) mass is 380 g/mol. The van der Waals surface area contributed by atoms with Gasteiger partial charge in [-0.15, -0.1) is 0 Å². The molecule has 0 spiro atoms. The molecule has 2 amide bonds. The van der Waals surface area contributed by atoms with Crippen LogP contribution in [0.15, 0.2) is 54.6 Å². The highest BCUT2D eigenvalue weighted by atomic mass is 16.5. The number of carbonyl (C=O) groups is 1. The van der Waals surface area contributed by atoms with E-state index >= 15 is 0 Å². The largest absolute Gasteiger partial charge is 0.495 e. The maximum absolute atomic E-state index is 12.7. The molecule has 2 N–H and O–H groups in total. The Morgan fingerprint density at radius 2 is 1.71 bits per heavy atom. The summed E-state index contributed by atoms with van der Waals surface area (Å²) < 4.78 is 5.47. The second kappa shape index (κ2) is 8.42. The lowest BCUT2D eigenvalue weighted by Gasteiger charge is -2.23. The second-order valence-electron chi connectivity index (χ2n) is 7.49. The third kappa shape index (κ3) is 4.16. The van der Waals surface area contributed by atoms with Crippen LogP contribution in [-0.2, 0) is 0 Å². The van der Waals surface area contributed by atoms with Gasteiger partial charge in [0.05, 0.1) is 12.8 Å². The fourth-order valence-electron chi connectivity index (χ4n) is 4.09. The number of urea groups is 1. The van der Waals surface area contributed by atoms with Gasteiger partial charge in [0.1, 0.15) is 5.75 Å². The molecule has 6 nitrogen and oxygen atoms in total. The molecular formula is C22H28N4O2. The average Bonchev–Trinajstić information content (AvgIpc) is 3.38. The number of nitrogens with one attached hydrogen (secondary N) is 2. The van der Waals surface area contributed by atoms with Crippen LogP contribution in [-0.4, -0.2) is 56.3 Å². The normalized spacial score (nSPS) is 21.6. The summed E-state index contributed by atoms with van der Waals surface area (Å²) in [4.78, 5) is 16.9. The molecule has 0 bridgehead atoms. The smallest absolute Gasteiger partial charge is 0.317 e. The Morgan fingerprint density at radius 3 is 2.54 bits per heavy atom. The molecule has 0 saturated carbocycles. The molecule has 2 saturated heterocycles. The van der Waals surface area contributed by atoms with Crippen LogP contribution in [0.25, 0.3) is 0 Å². The Balaban J connectivity index is 1.28. The lowest BCUT2D eigenvalue weighted by Crippen LogP contribution is -2.45. The van der Waals surface area contributed by atoms with E-state index < -0.39 is 0 Å². The van der Waals surface area contributed by atoms with E-state index in [1.54, 1.807) is 7.11 Å². The predicted molar refractivity (Wildman–Crippen MR) is 112 cm³/mol. The first-order chi connectivity index (χ1) is 13.7. The Labute approximate surface area is 166 Å². The molecule has 0 aromatic heterocycles. The maximum atomic E-state index is 12.7. The first kappa shape index (κ1) is 18.5. The Kier molecular flexibility index (Phi) is 5.55.